The number of esters is 1. The highest BCUT2D eigenvalue weighted by Gasteiger charge is 2.15. The van der Waals surface area contributed by atoms with Crippen LogP contribution in [-0.4, -0.2) is 68.0 Å². The van der Waals surface area contributed by atoms with E-state index in [0.29, 0.717) is 49.1 Å². The Morgan fingerprint density at radius 3 is 2.03 bits per heavy atom. The van der Waals surface area contributed by atoms with Crippen molar-refractivity contribution >= 4 is 29.4 Å². The number of hydrogen-bond acceptors (Lipinski definition) is 7. The summed E-state index contributed by atoms with van der Waals surface area (Å²) in [5.41, 5.74) is 1.26. The highest BCUT2D eigenvalue weighted by molar-refractivity contribution is 5.98. The molecule has 36 heavy (non-hydrogen) atoms. The van der Waals surface area contributed by atoms with Crippen LogP contribution in [-0.2, 0) is 14.3 Å². The van der Waals surface area contributed by atoms with Crippen LogP contribution < -0.4 is 20.1 Å². The number of amides is 3. The average Bonchev–Trinajstić information content (AvgIpc) is 2.88. The fraction of sp³-hybridized carbons (Fsp3) is 0.385. The molecule has 0 heterocycles. The summed E-state index contributed by atoms with van der Waals surface area (Å²) in [5.74, 6) is -0.962. The first-order valence-electron chi connectivity index (χ1n) is 11.8. The van der Waals surface area contributed by atoms with Gasteiger partial charge in [0.25, 0.3) is 17.7 Å². The van der Waals surface area contributed by atoms with E-state index in [1.54, 1.807) is 41.3 Å². The Labute approximate surface area is 210 Å². The largest absolute Gasteiger partial charge is 0.490 e. The van der Waals surface area contributed by atoms with Gasteiger partial charge in [-0.05, 0) is 70.2 Å². The molecule has 10 heteroatoms. The zero-order valence-corrected chi connectivity index (χ0v) is 21.1. The Hall–Kier alpha value is -4.08. The quantitative estimate of drug-likeness (QED) is 0.406. The van der Waals surface area contributed by atoms with Crippen LogP contribution in [0.25, 0.3) is 0 Å². The SMILES string of the molecule is CCOc1ccc(C(=O)NCC(=O)OCC(=O)Nc2ccc(C(=O)N(CC)CC)cc2)cc1OCC. The Bertz CT molecular complexity index is 1050. The Balaban J connectivity index is 1.81. The highest BCUT2D eigenvalue weighted by atomic mass is 16.5. The molecule has 0 aliphatic carbocycles. The third-order valence-electron chi connectivity index (χ3n) is 5.03. The minimum Gasteiger partial charge on any atom is -0.490 e. The van der Waals surface area contributed by atoms with Crippen LogP contribution in [0.2, 0.25) is 0 Å². The zero-order chi connectivity index (χ0) is 26.5. The van der Waals surface area contributed by atoms with Gasteiger partial charge < -0.3 is 29.7 Å². The zero-order valence-electron chi connectivity index (χ0n) is 21.1. The van der Waals surface area contributed by atoms with Crippen LogP contribution in [0, 0.1) is 0 Å². The highest BCUT2D eigenvalue weighted by Crippen LogP contribution is 2.28. The van der Waals surface area contributed by atoms with Crippen LogP contribution in [0.4, 0.5) is 5.69 Å². The van der Waals surface area contributed by atoms with Gasteiger partial charge in [-0.25, -0.2) is 0 Å². The van der Waals surface area contributed by atoms with E-state index in [1.165, 1.54) is 6.07 Å². The molecule has 0 aliphatic heterocycles. The molecule has 2 aromatic carbocycles. The van der Waals surface area contributed by atoms with Crippen molar-refractivity contribution in [2.45, 2.75) is 27.7 Å². The number of hydrogen-bond donors (Lipinski definition) is 2. The average molecular weight is 500 g/mol. The third-order valence-corrected chi connectivity index (χ3v) is 5.03. The number of carbonyl (C=O) groups excluding carboxylic acids is 4. The van der Waals surface area contributed by atoms with Crippen molar-refractivity contribution in [3.05, 3.63) is 53.6 Å². The molecule has 0 spiro atoms. The second-order valence-electron chi connectivity index (χ2n) is 7.47. The maximum atomic E-state index is 12.4. The standard InChI is InChI=1S/C26H33N3O7/c1-5-29(6-2)26(33)18-9-12-20(13-10-18)28-23(30)17-36-24(31)16-27-25(32)19-11-14-21(34-7-3)22(15-19)35-8-4/h9-15H,5-8,16-17H2,1-4H3,(H,27,32)(H,28,30). The number of anilines is 1. The summed E-state index contributed by atoms with van der Waals surface area (Å²) in [6, 6.07) is 11.2. The monoisotopic (exact) mass is 499 g/mol. The second-order valence-corrected chi connectivity index (χ2v) is 7.47. The van der Waals surface area contributed by atoms with Gasteiger partial charge in [-0.3, -0.25) is 19.2 Å². The maximum absolute atomic E-state index is 12.4. The molecule has 10 nitrogen and oxygen atoms in total. The lowest BCUT2D eigenvalue weighted by Crippen LogP contribution is -2.32. The van der Waals surface area contributed by atoms with Gasteiger partial charge in [-0.2, -0.15) is 0 Å². The number of nitrogens with zero attached hydrogens (tertiary/aromatic N) is 1. The Morgan fingerprint density at radius 2 is 1.42 bits per heavy atom. The molecule has 0 saturated carbocycles. The number of benzene rings is 2. The summed E-state index contributed by atoms with van der Waals surface area (Å²) < 4.78 is 15.9. The van der Waals surface area contributed by atoms with Crippen molar-refractivity contribution < 1.29 is 33.4 Å². The molecule has 2 rings (SSSR count). The Morgan fingerprint density at radius 1 is 0.806 bits per heavy atom. The summed E-state index contributed by atoms with van der Waals surface area (Å²) in [5, 5.41) is 5.04. The fourth-order valence-electron chi connectivity index (χ4n) is 3.23. The first-order chi connectivity index (χ1) is 17.3. The van der Waals surface area contributed by atoms with E-state index in [-0.39, 0.29) is 11.5 Å². The van der Waals surface area contributed by atoms with Crippen LogP contribution in [0.5, 0.6) is 11.5 Å². The molecule has 0 fully saturated rings. The molecule has 2 N–H and O–H groups in total. The van der Waals surface area contributed by atoms with E-state index in [1.807, 2.05) is 27.7 Å². The van der Waals surface area contributed by atoms with E-state index in [4.69, 9.17) is 14.2 Å². The first-order valence-corrected chi connectivity index (χ1v) is 11.8. The summed E-state index contributed by atoms with van der Waals surface area (Å²) in [6.45, 7) is 8.60. The number of rotatable bonds is 13. The summed E-state index contributed by atoms with van der Waals surface area (Å²) in [7, 11) is 0. The molecular weight excluding hydrogens is 466 g/mol. The lowest BCUT2D eigenvalue weighted by molar-refractivity contribution is -0.146. The van der Waals surface area contributed by atoms with E-state index < -0.39 is 30.9 Å². The lowest BCUT2D eigenvalue weighted by Gasteiger charge is -2.18. The van der Waals surface area contributed by atoms with E-state index in [9.17, 15) is 19.2 Å². The van der Waals surface area contributed by atoms with Gasteiger partial charge in [-0.15, -0.1) is 0 Å². The first kappa shape index (κ1) is 28.2. The van der Waals surface area contributed by atoms with Crippen molar-refractivity contribution in [3.63, 3.8) is 0 Å². The molecule has 194 valence electrons. The molecule has 0 radical (unpaired) electrons. The van der Waals surface area contributed by atoms with E-state index in [0.717, 1.165) is 0 Å². The second kappa shape index (κ2) is 14.3. The minimum absolute atomic E-state index is 0.0896. The van der Waals surface area contributed by atoms with Gasteiger partial charge >= 0.3 is 5.97 Å². The van der Waals surface area contributed by atoms with Crippen LogP contribution in [0.15, 0.2) is 42.5 Å². The third kappa shape index (κ3) is 8.30. The molecule has 0 atom stereocenters. The van der Waals surface area contributed by atoms with Gasteiger partial charge in [0.05, 0.1) is 13.2 Å². The summed E-state index contributed by atoms with van der Waals surface area (Å²) >= 11 is 0. The summed E-state index contributed by atoms with van der Waals surface area (Å²) in [6.07, 6.45) is 0. The predicted molar refractivity (Wildman–Crippen MR) is 134 cm³/mol. The molecule has 3 amide bonds. The molecule has 0 saturated heterocycles. The summed E-state index contributed by atoms with van der Waals surface area (Å²) in [4.78, 5) is 50.5. The molecule has 0 unspecified atom stereocenters. The molecule has 0 aromatic heterocycles. The minimum atomic E-state index is -0.769. The Kier molecular flexibility index (Phi) is 11.2. The van der Waals surface area contributed by atoms with Crippen LogP contribution in [0.3, 0.4) is 0 Å². The van der Waals surface area contributed by atoms with Gasteiger partial charge in [0.1, 0.15) is 6.54 Å². The van der Waals surface area contributed by atoms with Crippen LogP contribution in [0.1, 0.15) is 48.4 Å². The van der Waals surface area contributed by atoms with Gasteiger partial charge in [0, 0.05) is 29.9 Å². The molecule has 0 aliphatic rings. The van der Waals surface area contributed by atoms with Crippen LogP contribution >= 0.6 is 0 Å². The van der Waals surface area contributed by atoms with E-state index >= 15 is 0 Å². The van der Waals surface area contributed by atoms with Crippen molar-refractivity contribution in [2.24, 2.45) is 0 Å². The number of nitrogens with one attached hydrogen (secondary N) is 2. The van der Waals surface area contributed by atoms with Crippen molar-refractivity contribution in [1.82, 2.24) is 10.2 Å². The predicted octanol–water partition coefficient (Wildman–Crippen LogP) is 2.88. The van der Waals surface area contributed by atoms with Crippen molar-refractivity contribution in [1.29, 1.82) is 0 Å². The maximum Gasteiger partial charge on any atom is 0.325 e. The van der Waals surface area contributed by atoms with E-state index in [2.05, 4.69) is 10.6 Å². The fourth-order valence-corrected chi connectivity index (χ4v) is 3.23. The number of ether oxygens (including phenoxy) is 3. The number of carbonyl (C=O) groups is 4. The lowest BCUT2D eigenvalue weighted by atomic mass is 10.2. The van der Waals surface area contributed by atoms with Crippen molar-refractivity contribution in [3.8, 4) is 11.5 Å². The van der Waals surface area contributed by atoms with Gasteiger partial charge in [0.2, 0.25) is 0 Å². The molecule has 0 bridgehead atoms. The van der Waals surface area contributed by atoms with Gasteiger partial charge in [0.15, 0.2) is 18.1 Å². The smallest absolute Gasteiger partial charge is 0.325 e. The topological polar surface area (TPSA) is 123 Å². The normalized spacial score (nSPS) is 10.2. The van der Waals surface area contributed by atoms with Crippen molar-refractivity contribution in [2.75, 3.05) is 44.8 Å². The van der Waals surface area contributed by atoms with Gasteiger partial charge in [-0.1, -0.05) is 0 Å². The molecular formula is C26H33N3O7. The molecule has 2 aromatic rings.